The van der Waals surface area contributed by atoms with E-state index in [0.717, 1.165) is 62.0 Å². The van der Waals surface area contributed by atoms with Crippen molar-refractivity contribution in [1.29, 1.82) is 0 Å². The Labute approximate surface area is 129 Å². The standard InChI is InChI=1S/C16H21FN2OS/c17-14-6-4-13(5-7-14)11-19(12-15-3-1-9-20-15)16-18-8-2-10-21-16/h4-7,15H,1-3,8-12H2. The molecule has 0 saturated carbocycles. The molecule has 1 aromatic rings. The molecule has 2 aliphatic rings. The molecular weight excluding hydrogens is 287 g/mol. The number of nitrogens with zero attached hydrogens (tertiary/aromatic N) is 2. The molecule has 0 spiro atoms. The molecular formula is C16H21FN2OS. The number of amidine groups is 1. The minimum atomic E-state index is -0.186. The summed E-state index contributed by atoms with van der Waals surface area (Å²) in [6.07, 6.45) is 3.72. The molecule has 0 bridgehead atoms. The van der Waals surface area contributed by atoms with E-state index in [0.29, 0.717) is 6.10 Å². The van der Waals surface area contributed by atoms with Gasteiger partial charge >= 0.3 is 0 Å². The van der Waals surface area contributed by atoms with Crippen LogP contribution in [0.3, 0.4) is 0 Å². The average molecular weight is 308 g/mol. The Kier molecular flexibility index (Phi) is 5.14. The number of hydrogen-bond donors (Lipinski definition) is 0. The van der Waals surface area contributed by atoms with Crippen LogP contribution in [0.5, 0.6) is 0 Å². The van der Waals surface area contributed by atoms with Gasteiger partial charge in [-0.1, -0.05) is 23.9 Å². The van der Waals surface area contributed by atoms with Crippen LogP contribution >= 0.6 is 11.8 Å². The van der Waals surface area contributed by atoms with E-state index >= 15 is 0 Å². The fourth-order valence-corrected chi connectivity index (χ4v) is 3.65. The minimum Gasteiger partial charge on any atom is -0.376 e. The first-order chi connectivity index (χ1) is 10.3. The zero-order chi connectivity index (χ0) is 14.5. The lowest BCUT2D eigenvalue weighted by atomic mass is 10.2. The van der Waals surface area contributed by atoms with E-state index in [1.54, 1.807) is 0 Å². The first-order valence-corrected chi connectivity index (χ1v) is 8.58. The minimum absolute atomic E-state index is 0.186. The topological polar surface area (TPSA) is 24.8 Å². The normalized spacial score (nSPS) is 22.1. The second-order valence-electron chi connectivity index (χ2n) is 5.51. The molecule has 5 heteroatoms. The summed E-state index contributed by atoms with van der Waals surface area (Å²) in [5, 5.41) is 1.11. The molecule has 0 aliphatic carbocycles. The zero-order valence-electron chi connectivity index (χ0n) is 12.1. The van der Waals surface area contributed by atoms with Crippen molar-refractivity contribution in [3.8, 4) is 0 Å². The Morgan fingerprint density at radius 2 is 2.14 bits per heavy atom. The Morgan fingerprint density at radius 1 is 1.29 bits per heavy atom. The largest absolute Gasteiger partial charge is 0.376 e. The van der Waals surface area contributed by atoms with Gasteiger partial charge in [-0.3, -0.25) is 4.99 Å². The van der Waals surface area contributed by atoms with Gasteiger partial charge in [0.05, 0.1) is 6.10 Å². The number of benzene rings is 1. The van der Waals surface area contributed by atoms with Gasteiger partial charge in [-0.15, -0.1) is 0 Å². The maximum atomic E-state index is 13.0. The highest BCUT2D eigenvalue weighted by Gasteiger charge is 2.22. The lowest BCUT2D eigenvalue weighted by molar-refractivity contribution is 0.0906. The van der Waals surface area contributed by atoms with E-state index in [1.807, 2.05) is 23.9 Å². The molecule has 1 atom stereocenters. The van der Waals surface area contributed by atoms with Crippen molar-refractivity contribution in [2.45, 2.75) is 31.9 Å². The van der Waals surface area contributed by atoms with E-state index in [9.17, 15) is 4.39 Å². The van der Waals surface area contributed by atoms with Crippen LogP contribution in [0.1, 0.15) is 24.8 Å². The summed E-state index contributed by atoms with van der Waals surface area (Å²) in [5.74, 6) is 0.943. The zero-order valence-corrected chi connectivity index (χ0v) is 12.9. The quantitative estimate of drug-likeness (QED) is 0.853. The van der Waals surface area contributed by atoms with Crippen molar-refractivity contribution in [1.82, 2.24) is 4.90 Å². The molecule has 21 heavy (non-hydrogen) atoms. The molecule has 2 aliphatic heterocycles. The van der Waals surface area contributed by atoms with Gasteiger partial charge in [0.2, 0.25) is 0 Å². The second kappa shape index (κ2) is 7.27. The number of hydrogen-bond acceptors (Lipinski definition) is 4. The predicted molar refractivity (Wildman–Crippen MR) is 85.2 cm³/mol. The molecule has 2 heterocycles. The molecule has 0 aromatic heterocycles. The molecule has 1 unspecified atom stereocenters. The second-order valence-corrected chi connectivity index (χ2v) is 6.57. The summed E-state index contributed by atoms with van der Waals surface area (Å²) >= 11 is 1.82. The number of ether oxygens (including phenoxy) is 1. The van der Waals surface area contributed by atoms with Gasteiger partial charge in [-0.05, 0) is 37.0 Å². The van der Waals surface area contributed by atoms with Crippen LogP contribution in [0.4, 0.5) is 4.39 Å². The van der Waals surface area contributed by atoms with Crippen LogP contribution in [-0.4, -0.2) is 41.6 Å². The summed E-state index contributed by atoms with van der Waals surface area (Å²) in [6, 6.07) is 6.75. The molecule has 3 rings (SSSR count). The number of rotatable bonds is 4. The Balaban J connectivity index is 1.70. The van der Waals surface area contributed by atoms with Crippen molar-refractivity contribution in [3.63, 3.8) is 0 Å². The van der Waals surface area contributed by atoms with Gasteiger partial charge in [-0.2, -0.15) is 0 Å². The van der Waals surface area contributed by atoms with E-state index in [4.69, 9.17) is 4.74 Å². The molecule has 114 valence electrons. The Morgan fingerprint density at radius 3 is 2.81 bits per heavy atom. The predicted octanol–water partition coefficient (Wildman–Crippen LogP) is 3.30. The first-order valence-electron chi connectivity index (χ1n) is 7.59. The van der Waals surface area contributed by atoms with Crippen LogP contribution in [-0.2, 0) is 11.3 Å². The van der Waals surface area contributed by atoms with Crippen LogP contribution < -0.4 is 0 Å². The monoisotopic (exact) mass is 308 g/mol. The van der Waals surface area contributed by atoms with Crippen molar-refractivity contribution in [2.24, 2.45) is 4.99 Å². The van der Waals surface area contributed by atoms with Crippen LogP contribution in [0, 0.1) is 5.82 Å². The molecule has 0 amide bonds. The SMILES string of the molecule is Fc1ccc(CN(CC2CCCO2)C2=NCCCS2)cc1. The molecule has 0 radical (unpaired) electrons. The van der Waals surface area contributed by atoms with Gasteiger partial charge in [0.25, 0.3) is 0 Å². The lowest BCUT2D eigenvalue weighted by Gasteiger charge is -2.29. The fourth-order valence-electron chi connectivity index (χ4n) is 2.69. The average Bonchev–Trinajstić information content (AvgIpc) is 3.03. The van der Waals surface area contributed by atoms with Crippen LogP contribution in [0.15, 0.2) is 29.3 Å². The Hall–Kier alpha value is -1.07. The Bertz CT molecular complexity index is 486. The van der Waals surface area contributed by atoms with E-state index in [1.165, 1.54) is 12.1 Å². The fraction of sp³-hybridized carbons (Fsp3) is 0.562. The third-order valence-corrected chi connectivity index (χ3v) is 4.92. The molecule has 1 saturated heterocycles. The van der Waals surface area contributed by atoms with Crippen molar-refractivity contribution < 1.29 is 9.13 Å². The molecule has 1 aromatic carbocycles. The van der Waals surface area contributed by atoms with Gasteiger partial charge in [-0.25, -0.2) is 4.39 Å². The maximum Gasteiger partial charge on any atom is 0.159 e. The highest BCUT2D eigenvalue weighted by Crippen LogP contribution is 2.21. The third-order valence-electron chi connectivity index (χ3n) is 3.79. The summed E-state index contributed by atoms with van der Waals surface area (Å²) in [7, 11) is 0. The highest BCUT2D eigenvalue weighted by molar-refractivity contribution is 8.13. The summed E-state index contributed by atoms with van der Waals surface area (Å²) < 4.78 is 18.8. The maximum absolute atomic E-state index is 13.0. The van der Waals surface area contributed by atoms with Gasteiger partial charge in [0.1, 0.15) is 5.82 Å². The van der Waals surface area contributed by atoms with E-state index in [2.05, 4.69) is 9.89 Å². The van der Waals surface area contributed by atoms with E-state index < -0.39 is 0 Å². The summed E-state index contributed by atoms with van der Waals surface area (Å²) in [5.41, 5.74) is 1.11. The summed E-state index contributed by atoms with van der Waals surface area (Å²) in [4.78, 5) is 6.96. The van der Waals surface area contributed by atoms with Gasteiger partial charge in [0, 0.05) is 32.0 Å². The third kappa shape index (κ3) is 4.20. The van der Waals surface area contributed by atoms with Crippen LogP contribution in [0.25, 0.3) is 0 Å². The number of halogens is 1. The van der Waals surface area contributed by atoms with Gasteiger partial charge in [0.15, 0.2) is 5.17 Å². The van der Waals surface area contributed by atoms with Crippen molar-refractivity contribution >= 4 is 16.9 Å². The smallest absolute Gasteiger partial charge is 0.159 e. The van der Waals surface area contributed by atoms with Crippen LogP contribution in [0.2, 0.25) is 0 Å². The number of aliphatic imine (C=N–C) groups is 1. The van der Waals surface area contributed by atoms with E-state index in [-0.39, 0.29) is 5.82 Å². The first kappa shape index (κ1) is 14.9. The van der Waals surface area contributed by atoms with Crippen molar-refractivity contribution in [2.75, 3.05) is 25.4 Å². The van der Waals surface area contributed by atoms with Crippen molar-refractivity contribution in [3.05, 3.63) is 35.6 Å². The number of thioether (sulfide) groups is 1. The summed E-state index contributed by atoms with van der Waals surface area (Å²) in [6.45, 7) is 3.43. The molecule has 1 fully saturated rings. The molecule has 0 N–H and O–H groups in total. The molecule has 3 nitrogen and oxygen atoms in total. The highest BCUT2D eigenvalue weighted by atomic mass is 32.2. The van der Waals surface area contributed by atoms with Gasteiger partial charge < -0.3 is 9.64 Å². The lowest BCUT2D eigenvalue weighted by Crippen LogP contribution is -2.36.